The van der Waals surface area contributed by atoms with Gasteiger partial charge in [0.1, 0.15) is 0 Å². The minimum atomic E-state index is -0.203. The van der Waals surface area contributed by atoms with Gasteiger partial charge in [-0.3, -0.25) is 9.59 Å². The fourth-order valence-electron chi connectivity index (χ4n) is 4.49. The largest absolute Gasteiger partial charge is 0.368 e. The van der Waals surface area contributed by atoms with Crippen molar-refractivity contribution < 1.29 is 4.79 Å². The standard InChI is InChI=1S/C30H28N4O2/c35-28(31-18-7-19-32-29-26-13-3-4-14-27(26)30(36)34-33-29)17-16-21-8-5-11-23(20-21)25-15-6-10-22-9-1-2-12-24(22)25/h1-6,8-15,20H,7,16-19H2,(H,31,35)(H,32,33)(H,34,36). The number of anilines is 1. The normalized spacial score (nSPS) is 11.0. The van der Waals surface area contributed by atoms with Crippen LogP contribution in [0.4, 0.5) is 5.82 Å². The van der Waals surface area contributed by atoms with Crippen molar-refractivity contribution in [2.45, 2.75) is 19.3 Å². The fraction of sp³-hybridized carbons (Fsp3) is 0.167. The first-order valence-electron chi connectivity index (χ1n) is 12.2. The van der Waals surface area contributed by atoms with Gasteiger partial charge in [-0.1, -0.05) is 84.9 Å². The lowest BCUT2D eigenvalue weighted by Crippen LogP contribution is -2.26. The van der Waals surface area contributed by atoms with E-state index in [1.807, 2.05) is 18.2 Å². The predicted molar refractivity (Wildman–Crippen MR) is 146 cm³/mol. The number of nitrogens with one attached hydrogen (secondary N) is 3. The Morgan fingerprint density at radius 3 is 2.44 bits per heavy atom. The smallest absolute Gasteiger partial charge is 0.272 e. The molecule has 0 unspecified atom stereocenters. The molecule has 0 aliphatic rings. The SMILES string of the molecule is O=C(CCc1cccc(-c2cccc3ccccc23)c1)NCCCNc1n[nH]c(=O)c2ccccc12. The number of amides is 1. The van der Waals surface area contributed by atoms with E-state index in [4.69, 9.17) is 0 Å². The van der Waals surface area contributed by atoms with Crippen LogP contribution < -0.4 is 16.2 Å². The van der Waals surface area contributed by atoms with E-state index >= 15 is 0 Å². The number of carbonyl (C=O) groups is 1. The van der Waals surface area contributed by atoms with Crippen LogP contribution in [0.25, 0.3) is 32.7 Å². The number of carbonyl (C=O) groups excluding carboxylic acids is 1. The first kappa shape index (κ1) is 23.3. The molecule has 180 valence electrons. The number of aromatic nitrogens is 2. The molecule has 0 aliphatic heterocycles. The summed E-state index contributed by atoms with van der Waals surface area (Å²) in [5.74, 6) is 0.681. The molecule has 0 radical (unpaired) electrons. The highest BCUT2D eigenvalue weighted by molar-refractivity contribution is 5.96. The third-order valence-corrected chi connectivity index (χ3v) is 6.33. The Balaban J connectivity index is 1.11. The minimum absolute atomic E-state index is 0.0400. The summed E-state index contributed by atoms with van der Waals surface area (Å²) in [7, 11) is 0. The van der Waals surface area contributed by atoms with Crippen molar-refractivity contribution in [1.29, 1.82) is 0 Å². The number of H-pyrrole nitrogens is 1. The Hall–Kier alpha value is -4.45. The zero-order valence-corrected chi connectivity index (χ0v) is 20.0. The highest BCUT2D eigenvalue weighted by atomic mass is 16.1. The fourth-order valence-corrected chi connectivity index (χ4v) is 4.49. The summed E-state index contributed by atoms with van der Waals surface area (Å²) in [6, 6.07) is 30.6. The van der Waals surface area contributed by atoms with E-state index in [1.54, 1.807) is 6.07 Å². The lowest BCUT2D eigenvalue weighted by atomic mass is 9.96. The molecule has 4 aromatic carbocycles. The van der Waals surface area contributed by atoms with Crippen LogP contribution in [0, 0.1) is 0 Å². The maximum atomic E-state index is 12.4. The monoisotopic (exact) mass is 476 g/mol. The summed E-state index contributed by atoms with van der Waals surface area (Å²) >= 11 is 0. The first-order valence-corrected chi connectivity index (χ1v) is 12.2. The Bertz CT molecular complexity index is 1570. The quantitative estimate of drug-likeness (QED) is 0.252. The van der Waals surface area contributed by atoms with Crippen LogP contribution in [0.2, 0.25) is 0 Å². The first-order chi connectivity index (χ1) is 17.7. The van der Waals surface area contributed by atoms with Crippen molar-refractivity contribution in [1.82, 2.24) is 15.5 Å². The molecule has 0 saturated heterocycles. The van der Waals surface area contributed by atoms with Gasteiger partial charge in [0, 0.05) is 24.9 Å². The van der Waals surface area contributed by atoms with E-state index in [0.717, 1.165) is 17.4 Å². The highest BCUT2D eigenvalue weighted by Crippen LogP contribution is 2.29. The minimum Gasteiger partial charge on any atom is -0.368 e. The lowest BCUT2D eigenvalue weighted by molar-refractivity contribution is -0.121. The number of rotatable bonds is 9. The molecule has 5 rings (SSSR count). The van der Waals surface area contributed by atoms with Crippen LogP contribution >= 0.6 is 0 Å². The molecule has 1 amide bonds. The van der Waals surface area contributed by atoms with Gasteiger partial charge in [-0.15, -0.1) is 0 Å². The van der Waals surface area contributed by atoms with Crippen LogP contribution in [-0.4, -0.2) is 29.2 Å². The molecular weight excluding hydrogens is 448 g/mol. The van der Waals surface area contributed by atoms with Gasteiger partial charge in [0.15, 0.2) is 5.82 Å². The van der Waals surface area contributed by atoms with Crippen molar-refractivity contribution in [3.63, 3.8) is 0 Å². The lowest BCUT2D eigenvalue weighted by Gasteiger charge is -2.10. The summed E-state index contributed by atoms with van der Waals surface area (Å²) in [4.78, 5) is 24.3. The van der Waals surface area contributed by atoms with Gasteiger partial charge in [0.05, 0.1) is 5.39 Å². The molecule has 36 heavy (non-hydrogen) atoms. The summed E-state index contributed by atoms with van der Waals surface area (Å²) < 4.78 is 0. The molecule has 0 saturated carbocycles. The number of benzene rings is 4. The second-order valence-electron chi connectivity index (χ2n) is 8.80. The second kappa shape index (κ2) is 10.9. The zero-order chi connectivity index (χ0) is 24.7. The van der Waals surface area contributed by atoms with Gasteiger partial charge in [-0.2, -0.15) is 5.10 Å². The van der Waals surface area contributed by atoms with Crippen LogP contribution in [0.1, 0.15) is 18.4 Å². The van der Waals surface area contributed by atoms with Gasteiger partial charge >= 0.3 is 0 Å². The van der Waals surface area contributed by atoms with Gasteiger partial charge in [0.2, 0.25) is 5.91 Å². The van der Waals surface area contributed by atoms with E-state index in [9.17, 15) is 9.59 Å². The van der Waals surface area contributed by atoms with Crippen LogP contribution in [0.15, 0.2) is 95.8 Å². The van der Waals surface area contributed by atoms with Gasteiger partial charge in [-0.25, -0.2) is 5.10 Å². The molecule has 6 nitrogen and oxygen atoms in total. The van der Waals surface area contributed by atoms with Crippen molar-refractivity contribution >= 4 is 33.3 Å². The van der Waals surface area contributed by atoms with Crippen LogP contribution in [0.5, 0.6) is 0 Å². The molecule has 0 aliphatic carbocycles. The zero-order valence-electron chi connectivity index (χ0n) is 20.0. The van der Waals surface area contributed by atoms with Gasteiger partial charge < -0.3 is 10.6 Å². The topological polar surface area (TPSA) is 86.9 Å². The summed E-state index contributed by atoms with van der Waals surface area (Å²) in [5, 5.41) is 16.7. The number of aryl methyl sites for hydroxylation is 1. The number of fused-ring (bicyclic) bond motifs is 2. The number of hydrogen-bond donors (Lipinski definition) is 3. The number of aromatic amines is 1. The predicted octanol–water partition coefficient (Wildman–Crippen LogP) is 5.29. The van der Waals surface area contributed by atoms with Gasteiger partial charge in [-0.05, 0) is 46.4 Å². The Morgan fingerprint density at radius 1 is 0.806 bits per heavy atom. The number of nitrogens with zero attached hydrogens (tertiary/aromatic N) is 1. The summed E-state index contributed by atoms with van der Waals surface area (Å²) in [5.41, 5.74) is 3.31. The molecule has 0 fully saturated rings. The maximum absolute atomic E-state index is 12.4. The van der Waals surface area contributed by atoms with Gasteiger partial charge in [0.25, 0.3) is 5.56 Å². The Morgan fingerprint density at radius 2 is 1.56 bits per heavy atom. The van der Waals surface area contributed by atoms with Crippen LogP contribution in [-0.2, 0) is 11.2 Å². The average molecular weight is 477 g/mol. The van der Waals surface area contributed by atoms with E-state index < -0.39 is 0 Å². The highest BCUT2D eigenvalue weighted by Gasteiger charge is 2.07. The Kier molecular flexibility index (Phi) is 7.03. The van der Waals surface area contributed by atoms with Crippen molar-refractivity contribution in [3.8, 4) is 11.1 Å². The third kappa shape index (κ3) is 5.28. The van der Waals surface area contributed by atoms with E-state index in [-0.39, 0.29) is 11.5 Å². The van der Waals surface area contributed by atoms with Crippen LogP contribution in [0.3, 0.4) is 0 Å². The molecule has 5 aromatic rings. The molecule has 0 bridgehead atoms. The average Bonchev–Trinajstić information content (AvgIpc) is 2.93. The molecule has 0 spiro atoms. The molecule has 0 atom stereocenters. The molecule has 6 heteroatoms. The molecule has 3 N–H and O–H groups in total. The number of hydrogen-bond acceptors (Lipinski definition) is 4. The molecular formula is C30H28N4O2. The van der Waals surface area contributed by atoms with E-state index in [2.05, 4.69) is 87.6 Å². The summed E-state index contributed by atoms with van der Waals surface area (Å²) in [6.07, 6.45) is 1.88. The van der Waals surface area contributed by atoms with Crippen molar-refractivity contribution in [3.05, 3.63) is 107 Å². The summed E-state index contributed by atoms with van der Waals surface area (Å²) in [6.45, 7) is 1.21. The second-order valence-corrected chi connectivity index (χ2v) is 8.80. The van der Waals surface area contributed by atoms with Crippen molar-refractivity contribution in [2.75, 3.05) is 18.4 Å². The molecule has 1 aromatic heterocycles. The maximum Gasteiger partial charge on any atom is 0.272 e. The molecule has 1 heterocycles. The van der Waals surface area contributed by atoms with Crippen molar-refractivity contribution in [2.24, 2.45) is 0 Å². The van der Waals surface area contributed by atoms with E-state index in [0.29, 0.717) is 37.1 Å². The Labute approximate surface area is 209 Å². The van der Waals surface area contributed by atoms with E-state index in [1.165, 1.54) is 21.9 Å². The third-order valence-electron chi connectivity index (χ3n) is 6.33.